The van der Waals surface area contributed by atoms with Gasteiger partial charge in [-0.2, -0.15) is 0 Å². The van der Waals surface area contributed by atoms with Crippen molar-refractivity contribution in [3.8, 4) is 0 Å². The van der Waals surface area contributed by atoms with Crippen LogP contribution in [0.3, 0.4) is 0 Å². The van der Waals surface area contributed by atoms with Crippen LogP contribution in [0.15, 0.2) is 0 Å². The number of rotatable bonds is 6. The van der Waals surface area contributed by atoms with Gasteiger partial charge in [0.2, 0.25) is 0 Å². The van der Waals surface area contributed by atoms with Gasteiger partial charge in [-0.3, -0.25) is 0 Å². The van der Waals surface area contributed by atoms with Crippen molar-refractivity contribution in [1.29, 1.82) is 0 Å². The van der Waals surface area contributed by atoms with Gasteiger partial charge >= 0.3 is 0 Å². The molecule has 2 N–H and O–H groups in total. The summed E-state index contributed by atoms with van der Waals surface area (Å²) >= 11 is 0. The molecule has 15 heavy (non-hydrogen) atoms. The molecule has 1 fully saturated rings. The van der Waals surface area contributed by atoms with Gasteiger partial charge in [0.15, 0.2) is 0 Å². The maximum atomic E-state index is 5.74. The minimum Gasteiger partial charge on any atom is -0.328 e. The predicted octanol–water partition coefficient (Wildman–Crippen LogP) is 1.14. The Labute approximate surface area is 94.6 Å². The first-order chi connectivity index (χ1) is 7.22. The van der Waals surface area contributed by atoms with Crippen LogP contribution in [0.2, 0.25) is 0 Å². The Kier molecular flexibility index (Phi) is 6.22. The van der Waals surface area contributed by atoms with Crippen LogP contribution in [0, 0.1) is 0 Å². The smallest absolute Gasteiger partial charge is 0.0110 e. The molecular weight excluding hydrogens is 186 g/mol. The number of hydrogen-bond donors (Lipinski definition) is 1. The minimum absolute atomic E-state index is 0.367. The Morgan fingerprint density at radius 1 is 1.07 bits per heavy atom. The van der Waals surface area contributed by atoms with Crippen LogP contribution in [0.5, 0.6) is 0 Å². The molecule has 90 valence electrons. The van der Waals surface area contributed by atoms with Gasteiger partial charge < -0.3 is 15.5 Å². The van der Waals surface area contributed by atoms with Gasteiger partial charge in [-0.1, -0.05) is 6.92 Å². The lowest BCUT2D eigenvalue weighted by molar-refractivity contribution is 0.130. The molecule has 0 saturated carbocycles. The second-order valence-corrected chi connectivity index (χ2v) is 4.80. The van der Waals surface area contributed by atoms with Gasteiger partial charge in [-0.25, -0.2) is 0 Å². The summed E-state index contributed by atoms with van der Waals surface area (Å²) in [5, 5.41) is 0. The van der Waals surface area contributed by atoms with Crippen molar-refractivity contribution in [2.24, 2.45) is 5.73 Å². The number of hydrogen-bond acceptors (Lipinski definition) is 3. The van der Waals surface area contributed by atoms with Crippen molar-refractivity contribution < 1.29 is 0 Å². The Hall–Kier alpha value is -0.120. The fourth-order valence-electron chi connectivity index (χ4n) is 2.19. The number of piperazine rings is 1. The molecule has 1 rings (SSSR count). The summed E-state index contributed by atoms with van der Waals surface area (Å²) in [7, 11) is 0. The van der Waals surface area contributed by atoms with E-state index in [1.807, 2.05) is 0 Å². The van der Waals surface area contributed by atoms with E-state index in [4.69, 9.17) is 5.73 Å². The van der Waals surface area contributed by atoms with E-state index in [9.17, 15) is 0 Å². The second kappa shape index (κ2) is 7.20. The first kappa shape index (κ1) is 12.9. The highest BCUT2D eigenvalue weighted by molar-refractivity contribution is 4.71. The van der Waals surface area contributed by atoms with E-state index >= 15 is 0 Å². The summed E-state index contributed by atoms with van der Waals surface area (Å²) < 4.78 is 0. The zero-order valence-corrected chi connectivity index (χ0v) is 10.4. The van der Waals surface area contributed by atoms with E-state index in [2.05, 4.69) is 23.6 Å². The van der Waals surface area contributed by atoms with Gasteiger partial charge in [0, 0.05) is 32.2 Å². The highest BCUT2D eigenvalue weighted by Gasteiger charge is 2.15. The molecule has 0 amide bonds. The summed E-state index contributed by atoms with van der Waals surface area (Å²) in [6.07, 6.45) is 3.70. The van der Waals surface area contributed by atoms with Crippen molar-refractivity contribution in [3.63, 3.8) is 0 Å². The lowest BCUT2D eigenvalue weighted by atomic mass is 10.2. The Bertz CT molecular complexity index is 151. The molecule has 3 nitrogen and oxygen atoms in total. The standard InChI is InChI=1S/C12H27N3/c1-3-6-14-8-10-15(11-9-14)7-4-5-12(2)13/h12H,3-11,13H2,1-2H3. The Morgan fingerprint density at radius 3 is 2.07 bits per heavy atom. The first-order valence-corrected chi connectivity index (χ1v) is 6.42. The molecule has 1 heterocycles. The molecule has 1 saturated heterocycles. The third kappa shape index (κ3) is 5.50. The summed E-state index contributed by atoms with van der Waals surface area (Å²) in [5.74, 6) is 0. The average Bonchev–Trinajstić information content (AvgIpc) is 2.20. The molecule has 1 aliphatic rings. The average molecular weight is 213 g/mol. The molecule has 0 radical (unpaired) electrons. The SMILES string of the molecule is CCCN1CCN(CCCC(C)N)CC1. The van der Waals surface area contributed by atoms with Gasteiger partial charge in [-0.05, 0) is 39.3 Å². The third-order valence-electron chi connectivity index (χ3n) is 3.14. The van der Waals surface area contributed by atoms with Gasteiger partial charge in [0.25, 0.3) is 0 Å². The molecule has 0 aromatic rings. The largest absolute Gasteiger partial charge is 0.328 e. The molecule has 3 heteroatoms. The molecule has 0 aromatic heterocycles. The Morgan fingerprint density at radius 2 is 1.60 bits per heavy atom. The van der Waals surface area contributed by atoms with Crippen molar-refractivity contribution in [2.45, 2.75) is 39.2 Å². The summed E-state index contributed by atoms with van der Waals surface area (Å²) in [4.78, 5) is 5.15. The molecule has 0 aromatic carbocycles. The van der Waals surface area contributed by atoms with E-state index in [0.29, 0.717) is 6.04 Å². The van der Waals surface area contributed by atoms with Crippen LogP contribution in [0.4, 0.5) is 0 Å². The summed E-state index contributed by atoms with van der Waals surface area (Å²) in [5.41, 5.74) is 5.74. The van der Waals surface area contributed by atoms with Crippen molar-refractivity contribution in [2.75, 3.05) is 39.3 Å². The fourth-order valence-corrected chi connectivity index (χ4v) is 2.19. The normalized spacial score (nSPS) is 21.8. The van der Waals surface area contributed by atoms with Crippen LogP contribution in [-0.4, -0.2) is 55.1 Å². The quantitative estimate of drug-likeness (QED) is 0.718. The summed E-state index contributed by atoms with van der Waals surface area (Å²) in [6.45, 7) is 11.9. The highest BCUT2D eigenvalue weighted by Crippen LogP contribution is 2.04. The predicted molar refractivity (Wildman–Crippen MR) is 66.1 cm³/mol. The van der Waals surface area contributed by atoms with Gasteiger partial charge in [0.1, 0.15) is 0 Å². The second-order valence-electron chi connectivity index (χ2n) is 4.80. The van der Waals surface area contributed by atoms with Crippen LogP contribution in [-0.2, 0) is 0 Å². The maximum absolute atomic E-state index is 5.74. The van der Waals surface area contributed by atoms with Crippen LogP contribution in [0.1, 0.15) is 33.1 Å². The molecule has 1 atom stereocenters. The van der Waals surface area contributed by atoms with Gasteiger partial charge in [-0.15, -0.1) is 0 Å². The summed E-state index contributed by atoms with van der Waals surface area (Å²) in [6, 6.07) is 0.367. The lowest BCUT2D eigenvalue weighted by Gasteiger charge is -2.34. The Balaban J connectivity index is 2.04. The van der Waals surface area contributed by atoms with E-state index in [0.717, 1.165) is 6.42 Å². The molecule has 0 spiro atoms. The molecule has 1 unspecified atom stereocenters. The lowest BCUT2D eigenvalue weighted by Crippen LogP contribution is -2.46. The van der Waals surface area contributed by atoms with Crippen molar-refractivity contribution in [3.05, 3.63) is 0 Å². The molecule has 1 aliphatic heterocycles. The van der Waals surface area contributed by atoms with Gasteiger partial charge in [0.05, 0.1) is 0 Å². The van der Waals surface area contributed by atoms with Crippen molar-refractivity contribution in [1.82, 2.24) is 9.80 Å². The van der Waals surface area contributed by atoms with E-state index in [1.165, 1.54) is 52.1 Å². The minimum atomic E-state index is 0.367. The fraction of sp³-hybridized carbons (Fsp3) is 1.00. The number of nitrogens with zero attached hydrogens (tertiary/aromatic N) is 2. The van der Waals surface area contributed by atoms with Crippen molar-refractivity contribution >= 4 is 0 Å². The monoisotopic (exact) mass is 213 g/mol. The van der Waals surface area contributed by atoms with Crippen LogP contribution < -0.4 is 5.73 Å². The van der Waals surface area contributed by atoms with E-state index < -0.39 is 0 Å². The maximum Gasteiger partial charge on any atom is 0.0110 e. The van der Waals surface area contributed by atoms with Crippen LogP contribution in [0.25, 0.3) is 0 Å². The zero-order chi connectivity index (χ0) is 11.1. The zero-order valence-electron chi connectivity index (χ0n) is 10.4. The molecular formula is C12H27N3. The topological polar surface area (TPSA) is 32.5 Å². The number of nitrogens with two attached hydrogens (primary N) is 1. The molecule has 0 aliphatic carbocycles. The van der Waals surface area contributed by atoms with Crippen LogP contribution >= 0.6 is 0 Å². The highest BCUT2D eigenvalue weighted by atomic mass is 15.3. The van der Waals surface area contributed by atoms with E-state index in [-0.39, 0.29) is 0 Å². The third-order valence-corrected chi connectivity index (χ3v) is 3.14. The first-order valence-electron chi connectivity index (χ1n) is 6.42. The molecule has 0 bridgehead atoms. The van der Waals surface area contributed by atoms with E-state index in [1.54, 1.807) is 0 Å².